The van der Waals surface area contributed by atoms with E-state index in [0.29, 0.717) is 11.5 Å². The number of rotatable bonds is 26. The molecule has 4 unspecified atom stereocenters. The van der Waals surface area contributed by atoms with E-state index in [1.165, 1.54) is 11.1 Å². The van der Waals surface area contributed by atoms with Gasteiger partial charge in [-0.3, -0.25) is 9.59 Å². The third kappa shape index (κ3) is 24.9. The number of carbonyl (C=O) groups excluding carboxylic acids is 2. The Bertz CT molecular complexity index is 1680. The number of nitrogens with one attached hydrogen (secondary N) is 4. The Morgan fingerprint density at radius 1 is 0.587 bits per heavy atom. The normalized spacial score (nSPS) is 12.3. The van der Waals surface area contributed by atoms with E-state index in [9.17, 15) is 9.59 Å². The van der Waals surface area contributed by atoms with Crippen LogP contribution in [0.5, 0.6) is 11.5 Å². The zero-order valence-electron chi connectivity index (χ0n) is 37.6. The Balaban J connectivity index is 0.00000116. The van der Waals surface area contributed by atoms with E-state index in [-0.39, 0.29) is 79.6 Å². The summed E-state index contributed by atoms with van der Waals surface area (Å²) >= 11 is 12.3. The van der Waals surface area contributed by atoms with E-state index in [2.05, 4.69) is 61.1 Å². The summed E-state index contributed by atoms with van der Waals surface area (Å²) in [4.78, 5) is 22.5. The lowest BCUT2D eigenvalue weighted by Gasteiger charge is -2.22. The fourth-order valence-corrected chi connectivity index (χ4v) is 6.45. The number of unbranched alkanes of at least 4 members (excludes halogenated alkanes) is 2. The minimum Gasteiger partial charge on any atom is -0.484 e. The Kier molecular flexibility index (Phi) is 32.7. The van der Waals surface area contributed by atoms with Crippen LogP contribution >= 0.6 is 48.0 Å². The maximum absolute atomic E-state index is 11.3. The van der Waals surface area contributed by atoms with Gasteiger partial charge >= 0.3 is 0 Å². The van der Waals surface area contributed by atoms with Crippen LogP contribution in [-0.4, -0.2) is 83.0 Å². The zero-order chi connectivity index (χ0) is 43.5. The van der Waals surface area contributed by atoms with Crippen molar-refractivity contribution < 1.29 is 34.0 Å². The second-order valence-electron chi connectivity index (χ2n) is 14.8. The summed E-state index contributed by atoms with van der Waals surface area (Å²) < 4.78 is 23.1. The molecule has 0 radical (unpaired) electrons. The molecule has 2 amide bonds. The molecule has 4 rings (SSSR count). The molecule has 0 aliphatic carbocycles. The van der Waals surface area contributed by atoms with Crippen molar-refractivity contribution in [3.63, 3.8) is 0 Å². The summed E-state index contributed by atoms with van der Waals surface area (Å²) in [6.07, 6.45) is 6.00. The van der Waals surface area contributed by atoms with Gasteiger partial charge in [-0.25, -0.2) is 0 Å². The molecule has 4 atom stereocenters. The van der Waals surface area contributed by atoms with Crippen LogP contribution in [0.25, 0.3) is 0 Å². The molecular formula is C48H70Cl4N4O7. The molecule has 352 valence electrons. The molecule has 0 bridgehead atoms. The topological polar surface area (TPSA) is 151 Å². The van der Waals surface area contributed by atoms with Crippen LogP contribution < -0.4 is 30.7 Å². The zero-order valence-corrected chi connectivity index (χ0v) is 40.7. The molecule has 0 saturated carbocycles. The molecule has 0 fully saturated rings. The molecule has 0 heterocycles. The smallest absolute Gasteiger partial charge is 0.257 e. The van der Waals surface area contributed by atoms with Crippen molar-refractivity contribution in [2.75, 3.05) is 53.6 Å². The van der Waals surface area contributed by atoms with Gasteiger partial charge in [0.25, 0.3) is 11.8 Å². The van der Waals surface area contributed by atoms with Gasteiger partial charge in [0.2, 0.25) is 0 Å². The highest BCUT2D eigenvalue weighted by Crippen LogP contribution is 2.23. The summed E-state index contributed by atoms with van der Waals surface area (Å²) in [6.45, 7) is 11.6. The molecule has 0 aromatic heterocycles. The molecular weight excluding hydrogens is 886 g/mol. The fraction of sp³-hybridized carbons (Fsp3) is 0.458. The van der Waals surface area contributed by atoms with E-state index in [0.717, 1.165) is 86.0 Å². The maximum atomic E-state index is 11.3. The first-order valence-electron chi connectivity index (χ1n) is 21.1. The summed E-state index contributed by atoms with van der Waals surface area (Å²) in [5, 5.41) is 13.7. The molecule has 63 heavy (non-hydrogen) atoms. The van der Waals surface area contributed by atoms with Gasteiger partial charge in [0.15, 0.2) is 13.2 Å². The van der Waals surface area contributed by atoms with Gasteiger partial charge in [0, 0.05) is 62.5 Å². The number of ether oxygens (including phenoxy) is 4. The molecule has 4 aromatic carbocycles. The minimum atomic E-state index is -0.146. The van der Waals surface area contributed by atoms with Gasteiger partial charge in [0.05, 0.1) is 12.2 Å². The number of carbonyl (C=O) groups is 2. The van der Waals surface area contributed by atoms with E-state index < -0.39 is 0 Å². The van der Waals surface area contributed by atoms with Crippen LogP contribution in [0, 0.1) is 0 Å². The average Bonchev–Trinajstić information content (AvgIpc) is 3.25. The summed E-state index contributed by atoms with van der Waals surface area (Å²) in [5.41, 5.74) is 4.59. The first-order valence-corrected chi connectivity index (χ1v) is 21.8. The van der Waals surface area contributed by atoms with E-state index in [4.69, 9.17) is 42.1 Å². The van der Waals surface area contributed by atoms with Crippen molar-refractivity contribution in [1.29, 1.82) is 0 Å². The van der Waals surface area contributed by atoms with E-state index in [1.807, 2.05) is 84.9 Å². The molecule has 4 aromatic rings. The Morgan fingerprint density at radius 3 is 1.27 bits per heavy atom. The van der Waals surface area contributed by atoms with Crippen molar-refractivity contribution >= 4 is 59.8 Å². The first kappa shape index (κ1) is 59.4. The van der Waals surface area contributed by atoms with Crippen molar-refractivity contribution in [1.82, 2.24) is 21.3 Å². The van der Waals surface area contributed by atoms with E-state index in [1.54, 1.807) is 14.1 Å². The van der Waals surface area contributed by atoms with Crippen LogP contribution in [0.2, 0.25) is 10.0 Å². The van der Waals surface area contributed by atoms with Crippen LogP contribution in [-0.2, 0) is 31.9 Å². The van der Waals surface area contributed by atoms with Gasteiger partial charge < -0.3 is 45.7 Å². The third-order valence-corrected chi connectivity index (χ3v) is 10.1. The molecule has 6 N–H and O–H groups in total. The number of benzene rings is 4. The highest BCUT2D eigenvalue weighted by Gasteiger charge is 2.16. The molecule has 0 aliphatic heterocycles. The standard InChI is InChI=1S/2C24H33ClN2O3.2ClH.H2O/c2*1-4-5-13-29-23(20-7-6-8-21(25)15-20)16-27-18(2)14-19-9-11-22(12-10-19)30-17-24(28)26-3;;;/h2*6-12,15,18,23,27H,4-5,13-14,16-17H2,1-3H3,(H,26,28);2*1H;1H2. The summed E-state index contributed by atoms with van der Waals surface area (Å²) in [6, 6.07) is 32.0. The third-order valence-electron chi connectivity index (χ3n) is 9.61. The summed E-state index contributed by atoms with van der Waals surface area (Å²) in [7, 11) is 3.18. The van der Waals surface area contributed by atoms with Gasteiger partial charge in [-0.15, -0.1) is 24.8 Å². The highest BCUT2D eigenvalue weighted by atomic mass is 35.5. The second-order valence-corrected chi connectivity index (χ2v) is 15.6. The quantitative estimate of drug-likeness (QED) is 0.0456. The Hall–Kier alpha value is -3.62. The SMILES string of the molecule is CCCCOC(CNC(C)Cc1ccc(OCC(=O)NC)cc1)c1cccc(Cl)c1.CCCCOC(CNC(C)Cc1ccc(OCC(=O)NC)cc1)c1cccc(Cl)c1.Cl.Cl.O. The van der Waals surface area contributed by atoms with Crippen molar-refractivity contribution in [3.8, 4) is 11.5 Å². The predicted molar refractivity (Wildman–Crippen MR) is 263 cm³/mol. The second kappa shape index (κ2) is 34.7. The lowest BCUT2D eigenvalue weighted by atomic mass is 10.1. The van der Waals surface area contributed by atoms with Crippen LogP contribution in [0.3, 0.4) is 0 Å². The molecule has 0 saturated heterocycles. The number of likely N-dealkylation sites (N-methyl/N-ethyl adjacent to an activating group) is 2. The number of halogens is 4. The van der Waals surface area contributed by atoms with Crippen LogP contribution in [0.1, 0.15) is 87.8 Å². The number of hydrogen-bond acceptors (Lipinski definition) is 8. The van der Waals surface area contributed by atoms with Gasteiger partial charge in [-0.1, -0.05) is 98.4 Å². The first-order chi connectivity index (χ1) is 29.0. The fourth-order valence-electron chi connectivity index (χ4n) is 6.05. The lowest BCUT2D eigenvalue weighted by Crippen LogP contribution is -2.33. The predicted octanol–water partition coefficient (Wildman–Crippen LogP) is 9.11. The Labute approximate surface area is 398 Å². The van der Waals surface area contributed by atoms with Gasteiger partial charge in [0.1, 0.15) is 11.5 Å². The number of hydrogen-bond donors (Lipinski definition) is 4. The molecule has 11 nitrogen and oxygen atoms in total. The maximum Gasteiger partial charge on any atom is 0.257 e. The van der Waals surface area contributed by atoms with Crippen LogP contribution in [0.15, 0.2) is 97.1 Å². The van der Waals surface area contributed by atoms with Crippen LogP contribution in [0.4, 0.5) is 0 Å². The van der Waals surface area contributed by atoms with Gasteiger partial charge in [-0.2, -0.15) is 0 Å². The summed E-state index contributed by atoms with van der Waals surface area (Å²) in [5.74, 6) is 1.08. The molecule has 15 heteroatoms. The molecule has 0 aliphatic rings. The number of amides is 2. The van der Waals surface area contributed by atoms with Crippen molar-refractivity contribution in [3.05, 3.63) is 129 Å². The minimum absolute atomic E-state index is 0. The average molecular weight is 957 g/mol. The van der Waals surface area contributed by atoms with Crippen molar-refractivity contribution in [2.24, 2.45) is 0 Å². The van der Waals surface area contributed by atoms with Crippen molar-refractivity contribution in [2.45, 2.75) is 90.5 Å². The monoisotopic (exact) mass is 954 g/mol. The Morgan fingerprint density at radius 2 is 0.952 bits per heavy atom. The lowest BCUT2D eigenvalue weighted by molar-refractivity contribution is -0.123. The van der Waals surface area contributed by atoms with E-state index >= 15 is 0 Å². The largest absolute Gasteiger partial charge is 0.484 e. The molecule has 0 spiro atoms. The van der Waals surface area contributed by atoms with Gasteiger partial charge in [-0.05, 0) is 110 Å². The highest BCUT2D eigenvalue weighted by molar-refractivity contribution is 6.30.